The van der Waals surface area contributed by atoms with Gasteiger partial charge in [-0.25, -0.2) is 10.2 Å². The van der Waals surface area contributed by atoms with Gasteiger partial charge < -0.3 is 10.1 Å². The molecule has 11 heteroatoms. The van der Waals surface area contributed by atoms with Crippen LogP contribution in [-0.4, -0.2) is 24.0 Å². The van der Waals surface area contributed by atoms with Gasteiger partial charge in [0.05, 0.1) is 16.8 Å². The van der Waals surface area contributed by atoms with Gasteiger partial charge in [0.1, 0.15) is 10.6 Å². The van der Waals surface area contributed by atoms with Gasteiger partial charge in [0.15, 0.2) is 0 Å². The number of carbonyl (C=O) groups excluding carboxylic acids is 3. The van der Waals surface area contributed by atoms with Gasteiger partial charge in [-0.2, -0.15) is 5.10 Å². The maximum absolute atomic E-state index is 12.8. The molecule has 0 saturated carbocycles. The summed E-state index contributed by atoms with van der Waals surface area (Å²) in [6.45, 7) is 0. The van der Waals surface area contributed by atoms with E-state index in [4.69, 9.17) is 27.9 Å². The lowest BCUT2D eigenvalue weighted by Gasteiger charge is -2.07. The van der Waals surface area contributed by atoms with E-state index in [1.807, 2.05) is 18.2 Å². The van der Waals surface area contributed by atoms with E-state index < -0.39 is 11.9 Å². The summed E-state index contributed by atoms with van der Waals surface area (Å²) < 4.78 is 7.28. The molecule has 41 heavy (non-hydrogen) atoms. The number of nitrogens with one attached hydrogen (secondary N) is 2. The Kier molecular flexibility index (Phi) is 8.80. The summed E-state index contributed by atoms with van der Waals surface area (Å²) in [5, 5.41) is 8.51. The van der Waals surface area contributed by atoms with Crippen LogP contribution in [0.15, 0.2) is 101 Å². The highest BCUT2D eigenvalue weighted by Gasteiger charge is 2.18. The quantitative estimate of drug-likeness (QED) is 0.0792. The summed E-state index contributed by atoms with van der Waals surface area (Å²) >= 11 is 17.0. The number of nitrogens with zero attached hydrogens (tertiary/aromatic N) is 1. The first-order chi connectivity index (χ1) is 19.8. The van der Waals surface area contributed by atoms with Crippen molar-refractivity contribution < 1.29 is 19.1 Å². The Labute approximate surface area is 256 Å². The molecule has 0 fully saturated rings. The molecule has 0 unspecified atom stereocenters. The topological polar surface area (TPSA) is 96.9 Å². The Bertz CT molecular complexity index is 1810. The van der Waals surface area contributed by atoms with Crippen molar-refractivity contribution in [1.29, 1.82) is 0 Å². The maximum Gasteiger partial charge on any atom is 0.343 e. The SMILES string of the molecule is O=C(N/N=C\c1ccccc1OC(=O)c1ccc(Cl)cc1)c1ccc(NC(=O)c2sc3cc(Br)ccc3c2Cl)cc1. The van der Waals surface area contributed by atoms with Crippen molar-refractivity contribution in [2.45, 2.75) is 0 Å². The third kappa shape index (κ3) is 6.83. The van der Waals surface area contributed by atoms with Crippen molar-refractivity contribution in [3.8, 4) is 5.75 Å². The summed E-state index contributed by atoms with van der Waals surface area (Å²) in [7, 11) is 0. The molecule has 0 spiro atoms. The van der Waals surface area contributed by atoms with Gasteiger partial charge in [-0.15, -0.1) is 11.3 Å². The lowest BCUT2D eigenvalue weighted by molar-refractivity contribution is 0.0734. The number of amides is 2. The molecule has 5 aromatic rings. The monoisotopic (exact) mass is 665 g/mol. The molecule has 4 aromatic carbocycles. The molecule has 204 valence electrons. The van der Waals surface area contributed by atoms with E-state index in [1.54, 1.807) is 72.8 Å². The van der Waals surface area contributed by atoms with Gasteiger partial charge >= 0.3 is 5.97 Å². The molecule has 1 aromatic heterocycles. The highest BCUT2D eigenvalue weighted by Crippen LogP contribution is 2.37. The van der Waals surface area contributed by atoms with E-state index in [9.17, 15) is 14.4 Å². The van der Waals surface area contributed by atoms with E-state index in [2.05, 4.69) is 31.8 Å². The Hall–Kier alpha value is -4.02. The average molecular weight is 667 g/mol. The molecule has 0 atom stereocenters. The fourth-order valence-electron chi connectivity index (χ4n) is 3.73. The number of benzene rings is 4. The molecule has 0 aliphatic heterocycles. The van der Waals surface area contributed by atoms with Crippen molar-refractivity contribution in [3.63, 3.8) is 0 Å². The van der Waals surface area contributed by atoms with Crippen LogP contribution in [0, 0.1) is 0 Å². The minimum absolute atomic E-state index is 0.275. The van der Waals surface area contributed by atoms with Gasteiger partial charge in [0, 0.05) is 36.4 Å². The molecule has 0 aliphatic rings. The summed E-state index contributed by atoms with van der Waals surface area (Å²) in [4.78, 5) is 38.3. The summed E-state index contributed by atoms with van der Waals surface area (Å²) in [5.74, 6) is -1.09. The van der Waals surface area contributed by atoms with Crippen LogP contribution in [0.4, 0.5) is 5.69 Å². The Morgan fingerprint density at radius 3 is 2.32 bits per heavy atom. The standard InChI is InChI=1S/C30H18BrCl2N3O4S/c31-20-9-14-23-25(15-20)41-27(26(23)33)29(38)35-22-12-7-17(8-13-22)28(37)36-34-16-19-3-1-2-4-24(19)40-30(39)18-5-10-21(32)11-6-18/h1-16H,(H,35,38)(H,36,37)/b34-16-. The van der Waals surface area contributed by atoms with Crippen molar-refractivity contribution >= 4 is 90.2 Å². The number of anilines is 1. The largest absolute Gasteiger partial charge is 0.422 e. The van der Waals surface area contributed by atoms with Crippen LogP contribution < -0.4 is 15.5 Å². The average Bonchev–Trinajstić information content (AvgIpc) is 3.29. The van der Waals surface area contributed by atoms with Crippen LogP contribution in [0.2, 0.25) is 10.0 Å². The van der Waals surface area contributed by atoms with E-state index >= 15 is 0 Å². The third-order valence-corrected chi connectivity index (χ3v) is 8.18. The van der Waals surface area contributed by atoms with Crippen LogP contribution in [0.3, 0.4) is 0 Å². The number of carbonyl (C=O) groups is 3. The second kappa shape index (κ2) is 12.7. The molecular weight excluding hydrogens is 649 g/mol. The van der Waals surface area contributed by atoms with Gasteiger partial charge in [0.2, 0.25) is 0 Å². The number of fused-ring (bicyclic) bond motifs is 1. The number of thiophene rings is 1. The molecule has 0 bridgehead atoms. The molecule has 0 radical (unpaired) electrons. The summed E-state index contributed by atoms with van der Waals surface area (Å²) in [6.07, 6.45) is 1.38. The fraction of sp³-hybridized carbons (Fsp3) is 0. The van der Waals surface area contributed by atoms with E-state index in [0.29, 0.717) is 37.3 Å². The van der Waals surface area contributed by atoms with Crippen molar-refractivity contribution in [2.75, 3.05) is 5.32 Å². The minimum atomic E-state index is -0.554. The lowest BCUT2D eigenvalue weighted by atomic mass is 10.2. The van der Waals surface area contributed by atoms with E-state index in [-0.39, 0.29) is 11.7 Å². The summed E-state index contributed by atoms with van der Waals surface area (Å²) in [6, 6.07) is 25.1. The highest BCUT2D eigenvalue weighted by atomic mass is 79.9. The zero-order valence-electron chi connectivity index (χ0n) is 20.9. The van der Waals surface area contributed by atoms with Crippen LogP contribution in [0.1, 0.15) is 36.0 Å². The predicted molar refractivity (Wildman–Crippen MR) is 167 cm³/mol. The van der Waals surface area contributed by atoms with Crippen LogP contribution in [0.5, 0.6) is 5.75 Å². The summed E-state index contributed by atoms with van der Waals surface area (Å²) in [5.41, 5.74) is 4.10. The van der Waals surface area contributed by atoms with Crippen LogP contribution in [-0.2, 0) is 0 Å². The van der Waals surface area contributed by atoms with Crippen LogP contribution in [0.25, 0.3) is 10.1 Å². The number of hydrazone groups is 1. The van der Waals surface area contributed by atoms with Crippen molar-refractivity contribution in [3.05, 3.63) is 127 Å². The first kappa shape index (κ1) is 28.5. The zero-order valence-corrected chi connectivity index (χ0v) is 24.8. The fourth-order valence-corrected chi connectivity index (χ4v) is 5.82. The molecule has 0 saturated heterocycles. The normalized spacial score (nSPS) is 11.0. The molecule has 2 amide bonds. The molecule has 7 nitrogen and oxygen atoms in total. The van der Waals surface area contributed by atoms with E-state index in [0.717, 1.165) is 14.6 Å². The third-order valence-electron chi connectivity index (χ3n) is 5.77. The molecule has 2 N–H and O–H groups in total. The van der Waals surface area contributed by atoms with Crippen molar-refractivity contribution in [2.24, 2.45) is 5.10 Å². The van der Waals surface area contributed by atoms with Crippen LogP contribution >= 0.6 is 50.5 Å². The first-order valence-electron chi connectivity index (χ1n) is 12.0. The maximum atomic E-state index is 12.8. The molecule has 1 heterocycles. The Balaban J connectivity index is 1.20. The van der Waals surface area contributed by atoms with E-state index in [1.165, 1.54) is 17.6 Å². The number of rotatable bonds is 7. The number of para-hydroxylation sites is 1. The number of esters is 1. The van der Waals surface area contributed by atoms with Gasteiger partial charge in [-0.1, -0.05) is 57.3 Å². The smallest absolute Gasteiger partial charge is 0.343 e. The van der Waals surface area contributed by atoms with Gasteiger partial charge in [0.25, 0.3) is 11.8 Å². The van der Waals surface area contributed by atoms with Gasteiger partial charge in [-0.3, -0.25) is 9.59 Å². The lowest BCUT2D eigenvalue weighted by Crippen LogP contribution is -2.18. The first-order valence-corrected chi connectivity index (χ1v) is 14.3. The Morgan fingerprint density at radius 2 is 1.56 bits per heavy atom. The molecule has 0 aliphatic carbocycles. The van der Waals surface area contributed by atoms with Gasteiger partial charge in [-0.05, 0) is 72.8 Å². The minimum Gasteiger partial charge on any atom is -0.422 e. The second-order valence-corrected chi connectivity index (χ2v) is 11.3. The highest BCUT2D eigenvalue weighted by molar-refractivity contribution is 9.10. The second-order valence-electron chi connectivity index (χ2n) is 8.55. The zero-order chi connectivity index (χ0) is 28.9. The Morgan fingerprint density at radius 1 is 0.854 bits per heavy atom. The van der Waals surface area contributed by atoms with Crippen molar-refractivity contribution in [1.82, 2.24) is 5.43 Å². The number of hydrogen-bond donors (Lipinski definition) is 2. The predicted octanol–water partition coefficient (Wildman–Crippen LogP) is 8.21. The molecular formula is C30H18BrCl2N3O4S. The number of ether oxygens (including phenoxy) is 1. The number of hydrogen-bond acceptors (Lipinski definition) is 6. The molecule has 5 rings (SSSR count). The number of halogens is 3.